The third-order valence-electron chi connectivity index (χ3n) is 6.80. The molecule has 2 atom stereocenters. The molecule has 0 N–H and O–H groups in total. The van der Waals surface area contributed by atoms with Crippen LogP contribution in [0.4, 0.5) is 4.79 Å². The Hall–Kier alpha value is -1.80. The van der Waals surface area contributed by atoms with Crippen molar-refractivity contribution >= 4 is 15.9 Å². The van der Waals surface area contributed by atoms with Gasteiger partial charge in [-0.15, -0.1) is 0 Å². The molecule has 2 bridgehead atoms. The van der Waals surface area contributed by atoms with E-state index in [2.05, 4.69) is 0 Å². The fraction of sp³-hybridized carbons (Fsp3) is 0.708. The molecule has 1 saturated carbocycles. The van der Waals surface area contributed by atoms with Crippen molar-refractivity contribution in [2.45, 2.75) is 107 Å². The number of sulfone groups is 1. The molecule has 2 aliphatic heterocycles. The van der Waals surface area contributed by atoms with Gasteiger partial charge in [0.05, 0.1) is 29.3 Å². The van der Waals surface area contributed by atoms with E-state index in [1.807, 2.05) is 18.7 Å². The second kappa shape index (κ2) is 9.59. The van der Waals surface area contributed by atoms with Gasteiger partial charge in [-0.2, -0.15) is 0 Å². The molecule has 2 saturated heterocycles. The Kier molecular flexibility index (Phi) is 7.00. The van der Waals surface area contributed by atoms with E-state index in [0.29, 0.717) is 10.6 Å². The van der Waals surface area contributed by atoms with Crippen LogP contribution in [0.1, 0.15) is 65.2 Å². The molecule has 3 fully saturated rings. The summed E-state index contributed by atoms with van der Waals surface area (Å²) in [5, 5.41) is 0. The highest BCUT2D eigenvalue weighted by Gasteiger charge is 2.45. The molecule has 1 aliphatic carbocycles. The summed E-state index contributed by atoms with van der Waals surface area (Å²) in [6.07, 6.45) is 9.14. The molecule has 0 spiro atoms. The summed E-state index contributed by atoms with van der Waals surface area (Å²) in [7, 11) is -3.19. The fourth-order valence-corrected chi connectivity index (χ4v) is 5.95. The van der Waals surface area contributed by atoms with Gasteiger partial charge in [0.15, 0.2) is 9.84 Å². The first-order chi connectivity index (χ1) is 15.2. The SMILES string of the molecule is CC(C)OC(=O)N1C2CCC1CC(OC1CCC(Oc3ccc(S(C)(=O)=O)cc3)CC1)C2. The van der Waals surface area contributed by atoms with Crippen molar-refractivity contribution in [2.75, 3.05) is 6.26 Å². The molecule has 1 amide bonds. The maximum atomic E-state index is 12.4. The van der Waals surface area contributed by atoms with Gasteiger partial charge < -0.3 is 19.1 Å². The number of carbonyl (C=O) groups excluding carboxylic acids is 1. The van der Waals surface area contributed by atoms with Crippen molar-refractivity contribution in [3.63, 3.8) is 0 Å². The lowest BCUT2D eigenvalue weighted by atomic mass is 9.93. The van der Waals surface area contributed by atoms with Gasteiger partial charge in [-0.3, -0.25) is 0 Å². The van der Waals surface area contributed by atoms with Gasteiger partial charge >= 0.3 is 6.09 Å². The van der Waals surface area contributed by atoms with Crippen molar-refractivity contribution in [2.24, 2.45) is 0 Å². The van der Waals surface area contributed by atoms with Gasteiger partial charge in [0.2, 0.25) is 0 Å². The summed E-state index contributed by atoms with van der Waals surface area (Å²) in [6, 6.07) is 7.12. The highest BCUT2D eigenvalue weighted by molar-refractivity contribution is 7.90. The van der Waals surface area contributed by atoms with Crippen LogP contribution in [-0.2, 0) is 19.3 Å². The Bertz CT molecular complexity index is 878. The number of hydrogen-bond acceptors (Lipinski definition) is 6. The molecular weight excluding hydrogens is 430 g/mol. The van der Waals surface area contributed by atoms with E-state index in [0.717, 1.165) is 51.4 Å². The second-order valence-electron chi connectivity index (χ2n) is 9.71. The number of hydrogen-bond donors (Lipinski definition) is 0. The quantitative estimate of drug-likeness (QED) is 0.622. The Labute approximate surface area is 191 Å². The van der Waals surface area contributed by atoms with Gasteiger partial charge in [-0.1, -0.05) is 0 Å². The zero-order valence-electron chi connectivity index (χ0n) is 19.2. The van der Waals surface area contributed by atoms with Crippen LogP contribution in [0.25, 0.3) is 0 Å². The second-order valence-corrected chi connectivity index (χ2v) is 11.7. The van der Waals surface area contributed by atoms with Gasteiger partial charge in [0, 0.05) is 18.3 Å². The number of rotatable bonds is 6. The molecule has 1 aromatic rings. The minimum absolute atomic E-state index is 0.0918. The molecule has 178 valence electrons. The van der Waals surface area contributed by atoms with Crippen LogP contribution in [0.5, 0.6) is 5.75 Å². The van der Waals surface area contributed by atoms with Crippen LogP contribution in [0.2, 0.25) is 0 Å². The van der Waals surface area contributed by atoms with E-state index in [9.17, 15) is 13.2 Å². The van der Waals surface area contributed by atoms with E-state index in [-0.39, 0.29) is 42.6 Å². The van der Waals surface area contributed by atoms with Gasteiger partial charge in [0.25, 0.3) is 0 Å². The number of nitrogens with zero attached hydrogens (tertiary/aromatic N) is 1. The molecule has 2 unspecified atom stereocenters. The third-order valence-corrected chi connectivity index (χ3v) is 7.93. The third kappa shape index (κ3) is 5.57. The topological polar surface area (TPSA) is 82.1 Å². The summed E-state index contributed by atoms with van der Waals surface area (Å²) in [5.41, 5.74) is 0. The fourth-order valence-electron chi connectivity index (χ4n) is 5.32. The maximum absolute atomic E-state index is 12.4. The van der Waals surface area contributed by atoms with Crippen molar-refractivity contribution < 1.29 is 27.4 Å². The van der Waals surface area contributed by atoms with Crippen molar-refractivity contribution in [1.82, 2.24) is 4.90 Å². The zero-order valence-corrected chi connectivity index (χ0v) is 20.1. The lowest BCUT2D eigenvalue weighted by Crippen LogP contribution is -2.50. The Morgan fingerprint density at radius 3 is 2.00 bits per heavy atom. The summed E-state index contributed by atoms with van der Waals surface area (Å²) in [5.74, 6) is 0.707. The summed E-state index contributed by atoms with van der Waals surface area (Å²) in [4.78, 5) is 14.7. The van der Waals surface area contributed by atoms with Crippen LogP contribution in [0, 0.1) is 0 Å². The van der Waals surface area contributed by atoms with Crippen molar-refractivity contribution in [3.8, 4) is 5.75 Å². The van der Waals surface area contributed by atoms with Gasteiger partial charge in [0.1, 0.15) is 5.75 Å². The van der Waals surface area contributed by atoms with E-state index >= 15 is 0 Å². The van der Waals surface area contributed by atoms with E-state index < -0.39 is 9.84 Å². The molecule has 8 heteroatoms. The summed E-state index contributed by atoms with van der Waals surface area (Å²) < 4.78 is 41.2. The number of benzene rings is 1. The predicted molar refractivity (Wildman–Crippen MR) is 121 cm³/mol. The number of ether oxygens (including phenoxy) is 3. The lowest BCUT2D eigenvalue weighted by molar-refractivity contribution is -0.0786. The average molecular weight is 466 g/mol. The molecule has 0 aromatic heterocycles. The minimum Gasteiger partial charge on any atom is -0.490 e. The largest absolute Gasteiger partial charge is 0.490 e. The van der Waals surface area contributed by atoms with Crippen molar-refractivity contribution in [3.05, 3.63) is 24.3 Å². The zero-order chi connectivity index (χ0) is 22.9. The predicted octanol–water partition coefficient (Wildman–Crippen LogP) is 4.34. The number of amides is 1. The first-order valence-corrected chi connectivity index (χ1v) is 13.7. The normalized spacial score (nSPS) is 30.4. The molecule has 7 nitrogen and oxygen atoms in total. The monoisotopic (exact) mass is 465 g/mol. The Morgan fingerprint density at radius 2 is 1.47 bits per heavy atom. The van der Waals surface area contributed by atoms with Crippen molar-refractivity contribution in [1.29, 1.82) is 0 Å². The van der Waals surface area contributed by atoms with Crippen LogP contribution in [0.15, 0.2) is 29.2 Å². The minimum atomic E-state index is -3.19. The van der Waals surface area contributed by atoms with Crippen LogP contribution in [-0.4, -0.2) is 62.2 Å². The van der Waals surface area contributed by atoms with Crippen LogP contribution >= 0.6 is 0 Å². The number of piperidine rings is 1. The highest BCUT2D eigenvalue weighted by Crippen LogP contribution is 2.39. The van der Waals surface area contributed by atoms with E-state index in [4.69, 9.17) is 14.2 Å². The van der Waals surface area contributed by atoms with E-state index in [1.54, 1.807) is 24.3 Å². The molecule has 0 radical (unpaired) electrons. The summed E-state index contributed by atoms with van der Waals surface area (Å²) in [6.45, 7) is 3.78. The van der Waals surface area contributed by atoms with Gasteiger partial charge in [-0.25, -0.2) is 13.2 Å². The van der Waals surface area contributed by atoms with Crippen LogP contribution in [0.3, 0.4) is 0 Å². The van der Waals surface area contributed by atoms with E-state index in [1.165, 1.54) is 6.26 Å². The molecule has 3 aliphatic rings. The van der Waals surface area contributed by atoms with Gasteiger partial charge in [-0.05, 0) is 89.5 Å². The Balaban J connectivity index is 1.23. The van der Waals surface area contributed by atoms with Crippen LogP contribution < -0.4 is 4.74 Å². The Morgan fingerprint density at radius 1 is 0.906 bits per heavy atom. The maximum Gasteiger partial charge on any atom is 0.410 e. The summed E-state index contributed by atoms with van der Waals surface area (Å²) >= 11 is 0. The molecule has 2 heterocycles. The lowest BCUT2D eigenvalue weighted by Gasteiger charge is -2.40. The first kappa shape index (κ1) is 23.4. The first-order valence-electron chi connectivity index (χ1n) is 11.8. The molecular formula is C24H35NO6S. The standard InChI is InChI=1S/C24H35NO6S/c1-16(2)29-24(26)25-17-4-5-18(25)15-22(14-17)31-20-8-6-19(7-9-20)30-21-10-12-23(13-11-21)32(3,27)28/h10-13,16-20,22H,4-9,14-15H2,1-3H3. The number of carbonyl (C=O) groups is 1. The highest BCUT2D eigenvalue weighted by atomic mass is 32.2. The molecule has 4 rings (SSSR count). The molecule has 1 aromatic carbocycles. The molecule has 32 heavy (non-hydrogen) atoms. The average Bonchev–Trinajstić information content (AvgIpc) is 3.00. The smallest absolute Gasteiger partial charge is 0.410 e. The number of fused-ring (bicyclic) bond motifs is 2.